The summed E-state index contributed by atoms with van der Waals surface area (Å²) >= 11 is 0. The van der Waals surface area contributed by atoms with Gasteiger partial charge in [-0.25, -0.2) is 4.79 Å². The van der Waals surface area contributed by atoms with E-state index in [4.69, 9.17) is 5.11 Å². The van der Waals surface area contributed by atoms with Gasteiger partial charge in [-0.3, -0.25) is 4.79 Å². The first kappa shape index (κ1) is 11.4. The molecule has 0 radical (unpaired) electrons. The van der Waals surface area contributed by atoms with Gasteiger partial charge in [-0.2, -0.15) is 0 Å². The Labute approximate surface area is 76.9 Å². The number of carboxylic acids is 1. The van der Waals surface area contributed by atoms with Crippen LogP contribution in [0.4, 0.5) is 0 Å². The molecule has 0 saturated carbocycles. The van der Waals surface area contributed by atoms with Crippen LogP contribution < -0.4 is 5.32 Å². The van der Waals surface area contributed by atoms with Gasteiger partial charge in [-0.05, 0) is 5.92 Å². The first-order valence-corrected chi connectivity index (χ1v) is 3.90. The quantitative estimate of drug-likeness (QED) is 0.637. The Morgan fingerprint density at radius 3 is 2.38 bits per heavy atom. The monoisotopic (exact) mass is 183 g/mol. The van der Waals surface area contributed by atoms with Gasteiger partial charge in [0.05, 0.1) is 0 Å². The Hall–Kier alpha value is -1.58. The van der Waals surface area contributed by atoms with Crippen LogP contribution in [0.25, 0.3) is 0 Å². The van der Waals surface area contributed by atoms with Gasteiger partial charge in [-0.1, -0.05) is 19.9 Å². The van der Waals surface area contributed by atoms with Gasteiger partial charge in [0.25, 0.3) is 0 Å². The minimum atomic E-state index is -1.14. The van der Waals surface area contributed by atoms with Crippen LogP contribution in [-0.2, 0) is 9.59 Å². The van der Waals surface area contributed by atoms with Gasteiger partial charge in [0.1, 0.15) is 0 Å². The van der Waals surface area contributed by atoms with Gasteiger partial charge in [-0.15, -0.1) is 0 Å². The average Bonchev–Trinajstić information content (AvgIpc) is 2.00. The van der Waals surface area contributed by atoms with E-state index in [0.717, 1.165) is 12.2 Å². The highest BCUT2D eigenvalue weighted by atomic mass is 16.4. The number of hydrogen-bond acceptors (Lipinski definition) is 2. The molecule has 0 aromatic carbocycles. The third kappa shape index (κ3) is 8.33. The maximum Gasteiger partial charge on any atom is 0.328 e. The summed E-state index contributed by atoms with van der Waals surface area (Å²) in [6.07, 6.45) is 5.05. The SMILES string of the molecule is CC(C)/C=C/NC(=O)/C=C/C(=O)O. The van der Waals surface area contributed by atoms with E-state index in [2.05, 4.69) is 5.32 Å². The summed E-state index contributed by atoms with van der Waals surface area (Å²) in [7, 11) is 0. The van der Waals surface area contributed by atoms with E-state index in [9.17, 15) is 9.59 Å². The number of carbonyl (C=O) groups excluding carboxylic acids is 1. The van der Waals surface area contributed by atoms with Gasteiger partial charge in [0, 0.05) is 18.4 Å². The number of aliphatic carboxylic acids is 1. The van der Waals surface area contributed by atoms with Crippen molar-refractivity contribution in [2.45, 2.75) is 13.8 Å². The number of allylic oxidation sites excluding steroid dienone is 1. The Morgan fingerprint density at radius 2 is 1.92 bits per heavy atom. The number of hydrogen-bond donors (Lipinski definition) is 2. The molecule has 0 bridgehead atoms. The van der Waals surface area contributed by atoms with Crippen molar-refractivity contribution in [3.05, 3.63) is 24.4 Å². The van der Waals surface area contributed by atoms with Gasteiger partial charge in [0.15, 0.2) is 0 Å². The van der Waals surface area contributed by atoms with E-state index >= 15 is 0 Å². The molecule has 0 heterocycles. The molecule has 0 atom stereocenters. The van der Waals surface area contributed by atoms with Crippen molar-refractivity contribution in [3.63, 3.8) is 0 Å². The van der Waals surface area contributed by atoms with Crippen LogP contribution in [0.15, 0.2) is 24.4 Å². The second kappa shape index (κ2) is 5.99. The molecule has 0 saturated heterocycles. The number of carboxylic acid groups (broad SMARTS) is 1. The molecule has 0 rings (SSSR count). The molecule has 0 aliphatic rings. The van der Waals surface area contributed by atoms with E-state index < -0.39 is 11.9 Å². The molecule has 0 fully saturated rings. The van der Waals surface area contributed by atoms with Crippen LogP contribution in [0.3, 0.4) is 0 Å². The van der Waals surface area contributed by atoms with Crippen LogP contribution in [0.1, 0.15) is 13.8 Å². The maximum absolute atomic E-state index is 10.8. The second-order valence-electron chi connectivity index (χ2n) is 2.78. The van der Waals surface area contributed by atoms with Crippen molar-refractivity contribution in [1.29, 1.82) is 0 Å². The molecule has 0 spiro atoms. The van der Waals surface area contributed by atoms with Crippen LogP contribution in [-0.4, -0.2) is 17.0 Å². The highest BCUT2D eigenvalue weighted by Gasteiger charge is 1.92. The summed E-state index contributed by atoms with van der Waals surface area (Å²) in [4.78, 5) is 20.8. The fourth-order valence-corrected chi connectivity index (χ4v) is 0.518. The molecule has 0 unspecified atom stereocenters. The van der Waals surface area contributed by atoms with E-state index in [0.29, 0.717) is 5.92 Å². The summed E-state index contributed by atoms with van der Waals surface area (Å²) in [6.45, 7) is 3.94. The minimum Gasteiger partial charge on any atom is -0.478 e. The minimum absolute atomic E-state index is 0.351. The Morgan fingerprint density at radius 1 is 1.31 bits per heavy atom. The summed E-state index contributed by atoms with van der Waals surface area (Å²) in [5.41, 5.74) is 0. The van der Waals surface area contributed by atoms with E-state index in [1.165, 1.54) is 6.20 Å². The number of carbonyl (C=O) groups is 2. The third-order valence-corrected chi connectivity index (χ3v) is 1.08. The Balaban J connectivity index is 3.82. The molecule has 0 aromatic heterocycles. The highest BCUT2D eigenvalue weighted by molar-refractivity contribution is 5.94. The first-order valence-electron chi connectivity index (χ1n) is 3.90. The fourth-order valence-electron chi connectivity index (χ4n) is 0.518. The van der Waals surface area contributed by atoms with Crippen molar-refractivity contribution >= 4 is 11.9 Å². The molecule has 0 aliphatic carbocycles. The molecule has 0 aliphatic heterocycles. The number of amides is 1. The normalized spacial score (nSPS) is 11.3. The average molecular weight is 183 g/mol. The number of rotatable bonds is 4. The predicted molar refractivity (Wildman–Crippen MR) is 48.9 cm³/mol. The second-order valence-corrected chi connectivity index (χ2v) is 2.78. The van der Waals surface area contributed by atoms with E-state index in [-0.39, 0.29) is 0 Å². The molecule has 72 valence electrons. The van der Waals surface area contributed by atoms with Crippen molar-refractivity contribution in [1.82, 2.24) is 5.32 Å². The van der Waals surface area contributed by atoms with E-state index in [1.807, 2.05) is 13.8 Å². The van der Waals surface area contributed by atoms with Crippen LogP contribution in [0.2, 0.25) is 0 Å². The van der Waals surface area contributed by atoms with Gasteiger partial charge >= 0.3 is 5.97 Å². The smallest absolute Gasteiger partial charge is 0.328 e. The summed E-state index contributed by atoms with van der Waals surface area (Å²) in [5.74, 6) is -1.23. The molecule has 0 aromatic rings. The zero-order chi connectivity index (χ0) is 10.3. The molecule has 2 N–H and O–H groups in total. The van der Waals surface area contributed by atoms with Crippen molar-refractivity contribution < 1.29 is 14.7 Å². The van der Waals surface area contributed by atoms with Crippen LogP contribution >= 0.6 is 0 Å². The molecule has 1 amide bonds. The van der Waals surface area contributed by atoms with Crippen molar-refractivity contribution in [2.24, 2.45) is 5.92 Å². The zero-order valence-electron chi connectivity index (χ0n) is 7.65. The highest BCUT2D eigenvalue weighted by Crippen LogP contribution is 1.90. The lowest BCUT2D eigenvalue weighted by molar-refractivity contribution is -0.131. The molecule has 4 heteroatoms. The lowest BCUT2D eigenvalue weighted by atomic mass is 10.2. The van der Waals surface area contributed by atoms with Crippen molar-refractivity contribution in [2.75, 3.05) is 0 Å². The summed E-state index contributed by atoms with van der Waals surface area (Å²) in [6, 6.07) is 0. The van der Waals surface area contributed by atoms with Crippen molar-refractivity contribution in [3.8, 4) is 0 Å². The largest absolute Gasteiger partial charge is 0.478 e. The lowest BCUT2D eigenvalue weighted by Gasteiger charge is -1.94. The van der Waals surface area contributed by atoms with Gasteiger partial charge < -0.3 is 10.4 Å². The third-order valence-electron chi connectivity index (χ3n) is 1.08. The standard InChI is InChI=1S/C9H13NO3/c1-7(2)5-6-10-8(11)3-4-9(12)13/h3-7H,1-2H3,(H,10,11)(H,12,13)/b4-3+,6-5+. The molecule has 13 heavy (non-hydrogen) atoms. The maximum atomic E-state index is 10.8. The predicted octanol–water partition coefficient (Wildman–Crippen LogP) is 0.913. The lowest BCUT2D eigenvalue weighted by Crippen LogP contribution is -2.14. The summed E-state index contributed by atoms with van der Waals surface area (Å²) < 4.78 is 0. The molecular weight excluding hydrogens is 170 g/mol. The zero-order valence-corrected chi connectivity index (χ0v) is 7.65. The Kier molecular flexibility index (Phi) is 5.27. The Bertz CT molecular complexity index is 241. The summed E-state index contributed by atoms with van der Waals surface area (Å²) in [5, 5.41) is 10.6. The number of nitrogens with one attached hydrogen (secondary N) is 1. The van der Waals surface area contributed by atoms with Crippen LogP contribution in [0.5, 0.6) is 0 Å². The topological polar surface area (TPSA) is 66.4 Å². The van der Waals surface area contributed by atoms with E-state index in [1.54, 1.807) is 6.08 Å². The first-order chi connectivity index (χ1) is 6.02. The van der Waals surface area contributed by atoms with Crippen LogP contribution in [0, 0.1) is 5.92 Å². The molecular formula is C9H13NO3. The van der Waals surface area contributed by atoms with Gasteiger partial charge in [0.2, 0.25) is 5.91 Å². The fraction of sp³-hybridized carbons (Fsp3) is 0.333. The molecule has 4 nitrogen and oxygen atoms in total.